The monoisotopic (exact) mass is 415 g/mol. The van der Waals surface area contributed by atoms with Crippen LogP contribution in [0.3, 0.4) is 0 Å². The predicted octanol–water partition coefficient (Wildman–Crippen LogP) is 3.89. The molecule has 158 valence electrons. The average Bonchev–Trinajstić information content (AvgIpc) is 3.58. The maximum atomic E-state index is 12.1. The SMILES string of the molecule is COc1cccc(C2(c3cccc(OC)c3)C=Cc3c(C(N)=O)nn(C4CC4)c3C2)c1. The van der Waals surface area contributed by atoms with Crippen LogP contribution in [0.1, 0.15) is 51.8 Å². The number of ether oxygens (including phenoxy) is 2. The van der Waals surface area contributed by atoms with Crippen molar-refractivity contribution in [3.63, 3.8) is 0 Å². The number of primary amides is 1. The first-order valence-electron chi connectivity index (χ1n) is 10.4. The molecule has 0 spiro atoms. The smallest absolute Gasteiger partial charge is 0.269 e. The highest BCUT2D eigenvalue weighted by atomic mass is 16.5. The lowest BCUT2D eigenvalue weighted by Crippen LogP contribution is -2.31. The number of hydrogen-bond donors (Lipinski definition) is 1. The Balaban J connectivity index is 1.73. The highest BCUT2D eigenvalue weighted by Gasteiger charge is 2.40. The van der Waals surface area contributed by atoms with Crippen molar-refractivity contribution in [1.82, 2.24) is 9.78 Å². The summed E-state index contributed by atoms with van der Waals surface area (Å²) in [6, 6.07) is 16.6. The second-order valence-corrected chi connectivity index (χ2v) is 8.19. The number of aromatic nitrogens is 2. The fourth-order valence-corrected chi connectivity index (χ4v) is 4.55. The van der Waals surface area contributed by atoms with E-state index in [4.69, 9.17) is 15.2 Å². The van der Waals surface area contributed by atoms with Gasteiger partial charge in [0.25, 0.3) is 5.91 Å². The highest BCUT2D eigenvalue weighted by Crippen LogP contribution is 2.46. The molecule has 0 aliphatic heterocycles. The number of carbonyl (C=O) groups excluding carboxylic acids is 1. The number of allylic oxidation sites excluding steroid dienone is 1. The van der Waals surface area contributed by atoms with Crippen LogP contribution in [0.4, 0.5) is 0 Å². The highest BCUT2D eigenvalue weighted by molar-refractivity contribution is 5.95. The van der Waals surface area contributed by atoms with E-state index < -0.39 is 11.3 Å². The first-order valence-corrected chi connectivity index (χ1v) is 10.4. The summed E-state index contributed by atoms with van der Waals surface area (Å²) in [6.07, 6.45) is 6.96. The molecular formula is C25H25N3O3. The number of methoxy groups -OCH3 is 2. The zero-order chi connectivity index (χ0) is 21.6. The second kappa shape index (κ2) is 7.30. The molecule has 0 radical (unpaired) electrons. The topological polar surface area (TPSA) is 79.4 Å². The van der Waals surface area contributed by atoms with E-state index in [1.54, 1.807) is 14.2 Å². The summed E-state index contributed by atoms with van der Waals surface area (Å²) in [4.78, 5) is 12.1. The Labute approximate surface area is 181 Å². The number of benzene rings is 2. The number of nitrogens with two attached hydrogens (primary N) is 1. The first-order chi connectivity index (χ1) is 15.1. The van der Waals surface area contributed by atoms with E-state index in [2.05, 4.69) is 35.4 Å². The number of carbonyl (C=O) groups is 1. The molecule has 1 fully saturated rings. The zero-order valence-electron chi connectivity index (χ0n) is 17.7. The molecule has 5 rings (SSSR count). The van der Waals surface area contributed by atoms with Crippen molar-refractivity contribution in [2.45, 2.75) is 30.7 Å². The summed E-state index contributed by atoms with van der Waals surface area (Å²) in [6.45, 7) is 0. The van der Waals surface area contributed by atoms with E-state index in [1.165, 1.54) is 0 Å². The van der Waals surface area contributed by atoms with Crippen LogP contribution in [0, 0.1) is 0 Å². The summed E-state index contributed by atoms with van der Waals surface area (Å²) in [5, 5.41) is 4.62. The fourth-order valence-electron chi connectivity index (χ4n) is 4.55. The third-order valence-corrected chi connectivity index (χ3v) is 6.33. The van der Waals surface area contributed by atoms with Crippen molar-refractivity contribution < 1.29 is 14.3 Å². The molecule has 1 heterocycles. The van der Waals surface area contributed by atoms with Crippen LogP contribution in [-0.4, -0.2) is 29.9 Å². The van der Waals surface area contributed by atoms with Gasteiger partial charge in [0.15, 0.2) is 5.69 Å². The van der Waals surface area contributed by atoms with E-state index in [9.17, 15) is 4.79 Å². The van der Waals surface area contributed by atoms with Gasteiger partial charge in [-0.2, -0.15) is 5.10 Å². The molecule has 6 heteroatoms. The van der Waals surface area contributed by atoms with E-state index in [0.29, 0.717) is 18.2 Å². The Bertz CT molecular complexity index is 1140. The molecular weight excluding hydrogens is 390 g/mol. The largest absolute Gasteiger partial charge is 0.497 e. The molecule has 2 N–H and O–H groups in total. The molecule has 0 bridgehead atoms. The van der Waals surface area contributed by atoms with Gasteiger partial charge in [0, 0.05) is 23.1 Å². The van der Waals surface area contributed by atoms with Crippen LogP contribution in [0.2, 0.25) is 0 Å². The molecule has 2 aliphatic carbocycles. The van der Waals surface area contributed by atoms with E-state index in [-0.39, 0.29) is 0 Å². The standard InChI is InChI=1S/C25H25N3O3/c1-30-19-7-3-5-16(13-19)25(17-6-4-8-20(14-17)31-2)12-11-21-22(15-25)28(18-9-10-18)27-23(21)24(26)29/h3-8,11-14,18H,9-10,15H2,1-2H3,(H2,26,29). The van der Waals surface area contributed by atoms with Crippen molar-refractivity contribution in [2.24, 2.45) is 5.73 Å². The maximum Gasteiger partial charge on any atom is 0.269 e. The van der Waals surface area contributed by atoms with E-state index >= 15 is 0 Å². The Kier molecular flexibility index (Phi) is 4.58. The van der Waals surface area contributed by atoms with Gasteiger partial charge in [0.1, 0.15) is 11.5 Å². The Morgan fingerprint density at radius 2 is 1.68 bits per heavy atom. The third kappa shape index (κ3) is 3.19. The molecule has 1 saturated carbocycles. The lowest BCUT2D eigenvalue weighted by Gasteiger charge is -2.35. The van der Waals surface area contributed by atoms with Crippen LogP contribution < -0.4 is 15.2 Å². The summed E-state index contributed by atoms with van der Waals surface area (Å²) in [5.74, 6) is 1.11. The van der Waals surface area contributed by atoms with Gasteiger partial charge in [0.05, 0.1) is 20.3 Å². The molecule has 0 saturated heterocycles. The van der Waals surface area contributed by atoms with Crippen LogP contribution >= 0.6 is 0 Å². The van der Waals surface area contributed by atoms with Gasteiger partial charge in [-0.1, -0.05) is 36.4 Å². The zero-order valence-corrected chi connectivity index (χ0v) is 17.7. The molecule has 2 aliphatic rings. The van der Waals surface area contributed by atoms with Gasteiger partial charge in [0.2, 0.25) is 0 Å². The van der Waals surface area contributed by atoms with E-state index in [1.807, 2.05) is 35.0 Å². The quantitative estimate of drug-likeness (QED) is 0.662. The number of amides is 1. The first kappa shape index (κ1) is 19.4. The van der Waals surface area contributed by atoms with Gasteiger partial charge >= 0.3 is 0 Å². The minimum absolute atomic E-state index is 0.335. The normalized spacial score (nSPS) is 16.6. The Hall–Kier alpha value is -3.54. The maximum absolute atomic E-state index is 12.1. The molecule has 1 aromatic heterocycles. The molecule has 0 atom stereocenters. The average molecular weight is 415 g/mol. The van der Waals surface area contributed by atoms with Crippen molar-refractivity contribution in [3.8, 4) is 11.5 Å². The molecule has 2 aromatic carbocycles. The Morgan fingerprint density at radius 1 is 1.06 bits per heavy atom. The van der Waals surface area contributed by atoms with Gasteiger partial charge in [-0.05, 0) is 48.2 Å². The molecule has 31 heavy (non-hydrogen) atoms. The number of hydrogen-bond acceptors (Lipinski definition) is 4. The van der Waals surface area contributed by atoms with Gasteiger partial charge in [-0.25, -0.2) is 0 Å². The van der Waals surface area contributed by atoms with Crippen LogP contribution in [0.5, 0.6) is 11.5 Å². The predicted molar refractivity (Wildman–Crippen MR) is 119 cm³/mol. The third-order valence-electron chi connectivity index (χ3n) is 6.33. The summed E-state index contributed by atoms with van der Waals surface area (Å²) >= 11 is 0. The number of rotatable bonds is 6. The van der Waals surface area contributed by atoms with Gasteiger partial charge in [-0.15, -0.1) is 0 Å². The van der Waals surface area contributed by atoms with Crippen molar-refractivity contribution in [3.05, 3.63) is 82.7 Å². The van der Waals surface area contributed by atoms with E-state index in [0.717, 1.165) is 46.7 Å². The Morgan fingerprint density at radius 3 is 2.19 bits per heavy atom. The second-order valence-electron chi connectivity index (χ2n) is 8.19. The minimum atomic E-state index is -0.490. The number of fused-ring (bicyclic) bond motifs is 1. The van der Waals surface area contributed by atoms with Crippen molar-refractivity contribution in [1.29, 1.82) is 0 Å². The molecule has 3 aromatic rings. The lowest BCUT2D eigenvalue weighted by atomic mass is 9.68. The summed E-state index contributed by atoms with van der Waals surface area (Å²) in [5.41, 5.74) is 9.63. The molecule has 1 amide bonds. The fraction of sp³-hybridized carbons (Fsp3) is 0.280. The van der Waals surface area contributed by atoms with Gasteiger partial charge < -0.3 is 15.2 Å². The lowest BCUT2D eigenvalue weighted by molar-refractivity contribution is 0.0994. The minimum Gasteiger partial charge on any atom is -0.497 e. The van der Waals surface area contributed by atoms with Crippen molar-refractivity contribution >= 4 is 12.0 Å². The number of nitrogens with zero attached hydrogens (tertiary/aromatic N) is 2. The summed E-state index contributed by atoms with van der Waals surface area (Å²) in [7, 11) is 3.35. The van der Waals surface area contributed by atoms with Crippen molar-refractivity contribution in [2.75, 3.05) is 14.2 Å². The van der Waals surface area contributed by atoms with Crippen LogP contribution in [0.15, 0.2) is 54.6 Å². The summed E-state index contributed by atoms with van der Waals surface area (Å²) < 4.78 is 13.1. The molecule has 6 nitrogen and oxygen atoms in total. The van der Waals surface area contributed by atoms with Crippen LogP contribution in [-0.2, 0) is 11.8 Å². The van der Waals surface area contributed by atoms with Crippen LogP contribution in [0.25, 0.3) is 6.08 Å². The molecule has 0 unspecified atom stereocenters. The van der Waals surface area contributed by atoms with Gasteiger partial charge in [-0.3, -0.25) is 9.48 Å².